The monoisotopic (exact) mass is 197 g/mol. The Balaban J connectivity index is 3.05. The first-order chi connectivity index (χ1) is 6.19. The molecule has 0 atom stereocenters. The van der Waals surface area contributed by atoms with Crippen LogP contribution in [-0.2, 0) is 4.74 Å². The number of carbonyl (C=O) groups excluding carboxylic acids is 1. The third-order valence-electron chi connectivity index (χ3n) is 1.66. The minimum atomic E-state index is -0.398. The van der Waals surface area contributed by atoms with E-state index in [0.717, 1.165) is 4.90 Å². The highest BCUT2D eigenvalue weighted by molar-refractivity contribution is 7.98. The predicted molar refractivity (Wildman–Crippen MR) is 54.0 cm³/mol. The Kier molecular flexibility index (Phi) is 3.19. The molecule has 0 amide bonds. The highest BCUT2D eigenvalue weighted by Crippen LogP contribution is 2.21. The number of benzene rings is 1. The van der Waals surface area contributed by atoms with Gasteiger partial charge in [-0.25, -0.2) is 4.79 Å². The van der Waals surface area contributed by atoms with Gasteiger partial charge in [0.15, 0.2) is 0 Å². The van der Waals surface area contributed by atoms with Gasteiger partial charge in [0.1, 0.15) is 0 Å². The number of ether oxygens (including phenoxy) is 1. The molecule has 0 radical (unpaired) electrons. The number of hydrogen-bond acceptors (Lipinski definition) is 4. The van der Waals surface area contributed by atoms with E-state index < -0.39 is 5.97 Å². The summed E-state index contributed by atoms with van der Waals surface area (Å²) < 4.78 is 4.56. The van der Waals surface area contributed by atoms with E-state index in [4.69, 9.17) is 5.73 Å². The average Bonchev–Trinajstić information content (AvgIpc) is 2.16. The molecule has 0 saturated heterocycles. The number of rotatable bonds is 2. The van der Waals surface area contributed by atoms with Gasteiger partial charge in [0.2, 0.25) is 0 Å². The van der Waals surface area contributed by atoms with Gasteiger partial charge in [-0.2, -0.15) is 0 Å². The van der Waals surface area contributed by atoms with E-state index in [1.165, 1.54) is 7.11 Å². The van der Waals surface area contributed by atoms with Crippen LogP contribution < -0.4 is 5.73 Å². The Labute approximate surface area is 81.3 Å². The Morgan fingerprint density at radius 1 is 1.54 bits per heavy atom. The minimum Gasteiger partial charge on any atom is -0.465 e. The lowest BCUT2D eigenvalue weighted by Crippen LogP contribution is -2.05. The van der Waals surface area contributed by atoms with Crippen LogP contribution in [-0.4, -0.2) is 19.3 Å². The second-order valence-electron chi connectivity index (χ2n) is 2.44. The second-order valence-corrected chi connectivity index (χ2v) is 3.32. The lowest BCUT2D eigenvalue weighted by molar-refractivity contribution is 0.0602. The molecule has 1 aromatic carbocycles. The van der Waals surface area contributed by atoms with Crippen LogP contribution in [0.5, 0.6) is 0 Å². The van der Waals surface area contributed by atoms with Crippen LogP contribution in [0.4, 0.5) is 5.69 Å². The highest BCUT2D eigenvalue weighted by Gasteiger charge is 2.09. The third kappa shape index (κ3) is 2.15. The highest BCUT2D eigenvalue weighted by atomic mass is 32.2. The molecule has 0 spiro atoms. The molecule has 0 fully saturated rings. The third-order valence-corrected chi connectivity index (χ3v) is 2.39. The molecule has 0 bridgehead atoms. The van der Waals surface area contributed by atoms with Crippen LogP contribution in [0.2, 0.25) is 0 Å². The van der Waals surface area contributed by atoms with Gasteiger partial charge in [0.25, 0.3) is 0 Å². The van der Waals surface area contributed by atoms with Gasteiger partial charge in [-0.3, -0.25) is 0 Å². The van der Waals surface area contributed by atoms with E-state index in [2.05, 4.69) is 4.74 Å². The molecule has 0 aliphatic rings. The first-order valence-corrected chi connectivity index (χ1v) is 4.93. The van der Waals surface area contributed by atoms with Gasteiger partial charge in [-0.1, -0.05) is 0 Å². The fourth-order valence-corrected chi connectivity index (χ4v) is 1.41. The van der Waals surface area contributed by atoms with Crippen molar-refractivity contribution in [2.75, 3.05) is 19.1 Å². The summed E-state index contributed by atoms with van der Waals surface area (Å²) in [6.07, 6.45) is 1.95. The van der Waals surface area contributed by atoms with E-state index in [-0.39, 0.29) is 0 Å². The van der Waals surface area contributed by atoms with Crippen molar-refractivity contribution in [2.24, 2.45) is 0 Å². The molecule has 1 rings (SSSR count). The van der Waals surface area contributed by atoms with E-state index in [0.29, 0.717) is 11.3 Å². The van der Waals surface area contributed by atoms with Crippen LogP contribution >= 0.6 is 11.8 Å². The van der Waals surface area contributed by atoms with Crippen molar-refractivity contribution in [1.82, 2.24) is 0 Å². The molecule has 0 heterocycles. The molecule has 0 saturated carbocycles. The van der Waals surface area contributed by atoms with E-state index in [9.17, 15) is 4.79 Å². The molecule has 2 N–H and O–H groups in total. The number of nitrogen functional groups attached to an aromatic ring is 1. The molecule has 4 heteroatoms. The van der Waals surface area contributed by atoms with E-state index in [1.807, 2.05) is 12.3 Å². The van der Waals surface area contributed by atoms with Gasteiger partial charge in [0.05, 0.1) is 12.7 Å². The minimum absolute atomic E-state index is 0.398. The van der Waals surface area contributed by atoms with Crippen LogP contribution in [0.3, 0.4) is 0 Å². The van der Waals surface area contributed by atoms with Crippen LogP contribution in [0.1, 0.15) is 10.4 Å². The van der Waals surface area contributed by atoms with Crippen molar-refractivity contribution < 1.29 is 9.53 Å². The number of hydrogen-bond donors (Lipinski definition) is 1. The maximum Gasteiger partial charge on any atom is 0.339 e. The number of thioether (sulfide) groups is 1. The predicted octanol–water partition coefficient (Wildman–Crippen LogP) is 1.78. The Morgan fingerprint density at radius 2 is 2.23 bits per heavy atom. The van der Waals surface area contributed by atoms with Crippen molar-refractivity contribution in [1.29, 1.82) is 0 Å². The molecule has 0 aliphatic carbocycles. The zero-order chi connectivity index (χ0) is 9.84. The molecule has 3 nitrogen and oxygen atoms in total. The standard InChI is InChI=1S/C9H11NO2S/c1-12-9(11)7-4-3-6(13-2)5-8(7)10/h3-5H,10H2,1-2H3. The quantitative estimate of drug-likeness (QED) is 0.446. The first-order valence-electron chi connectivity index (χ1n) is 3.71. The Hall–Kier alpha value is -1.16. The molecule has 0 aromatic heterocycles. The van der Waals surface area contributed by atoms with Gasteiger partial charge >= 0.3 is 5.97 Å². The van der Waals surface area contributed by atoms with Crippen LogP contribution in [0, 0.1) is 0 Å². The Bertz CT molecular complexity index is 325. The summed E-state index contributed by atoms with van der Waals surface area (Å²) in [4.78, 5) is 12.2. The SMILES string of the molecule is COC(=O)c1ccc(SC)cc1N. The van der Waals surface area contributed by atoms with Crippen molar-refractivity contribution in [3.05, 3.63) is 23.8 Å². The summed E-state index contributed by atoms with van der Waals surface area (Å²) in [5, 5.41) is 0. The van der Waals surface area contributed by atoms with E-state index in [1.54, 1.807) is 23.9 Å². The number of nitrogens with two attached hydrogens (primary N) is 1. The van der Waals surface area contributed by atoms with Gasteiger partial charge in [-0.15, -0.1) is 11.8 Å². The van der Waals surface area contributed by atoms with Crippen LogP contribution in [0.25, 0.3) is 0 Å². The fourth-order valence-electron chi connectivity index (χ4n) is 0.964. The lowest BCUT2D eigenvalue weighted by atomic mass is 10.2. The largest absolute Gasteiger partial charge is 0.465 e. The maximum atomic E-state index is 11.1. The number of anilines is 1. The van der Waals surface area contributed by atoms with Gasteiger partial charge in [0, 0.05) is 10.6 Å². The molecule has 0 aliphatic heterocycles. The molecule has 13 heavy (non-hydrogen) atoms. The maximum absolute atomic E-state index is 11.1. The van der Waals surface area contributed by atoms with Crippen molar-refractivity contribution in [2.45, 2.75) is 4.90 Å². The molecule has 1 aromatic rings. The number of methoxy groups -OCH3 is 1. The average molecular weight is 197 g/mol. The van der Waals surface area contributed by atoms with Gasteiger partial charge < -0.3 is 10.5 Å². The summed E-state index contributed by atoms with van der Waals surface area (Å²) in [7, 11) is 1.34. The second kappa shape index (κ2) is 4.18. The zero-order valence-electron chi connectivity index (χ0n) is 7.53. The summed E-state index contributed by atoms with van der Waals surface area (Å²) in [6, 6.07) is 5.28. The Morgan fingerprint density at radius 3 is 2.69 bits per heavy atom. The number of esters is 1. The van der Waals surface area contributed by atoms with Crippen molar-refractivity contribution >= 4 is 23.4 Å². The number of carbonyl (C=O) groups is 1. The first kappa shape index (κ1) is 9.92. The molecule has 0 unspecified atom stereocenters. The van der Waals surface area contributed by atoms with Crippen LogP contribution in [0.15, 0.2) is 23.1 Å². The van der Waals surface area contributed by atoms with E-state index >= 15 is 0 Å². The normalized spacial score (nSPS) is 9.69. The zero-order valence-corrected chi connectivity index (χ0v) is 8.35. The summed E-state index contributed by atoms with van der Waals surface area (Å²) in [5.74, 6) is -0.398. The summed E-state index contributed by atoms with van der Waals surface area (Å²) in [5.41, 5.74) is 6.53. The lowest BCUT2D eigenvalue weighted by Gasteiger charge is -2.04. The van der Waals surface area contributed by atoms with Crippen molar-refractivity contribution in [3.63, 3.8) is 0 Å². The molecular formula is C9H11NO2S. The summed E-state index contributed by atoms with van der Waals surface area (Å²) >= 11 is 1.58. The summed E-state index contributed by atoms with van der Waals surface area (Å²) in [6.45, 7) is 0. The molecular weight excluding hydrogens is 186 g/mol. The van der Waals surface area contributed by atoms with Crippen molar-refractivity contribution in [3.8, 4) is 0 Å². The topological polar surface area (TPSA) is 52.3 Å². The molecule has 70 valence electrons. The fraction of sp³-hybridized carbons (Fsp3) is 0.222. The smallest absolute Gasteiger partial charge is 0.339 e. The van der Waals surface area contributed by atoms with Gasteiger partial charge in [-0.05, 0) is 24.5 Å².